The number of hydrogen-bond donors (Lipinski definition) is 0. The topological polar surface area (TPSA) is 38.7 Å². The van der Waals surface area contributed by atoms with Gasteiger partial charge in [0.15, 0.2) is 17.5 Å². The van der Waals surface area contributed by atoms with Gasteiger partial charge in [0.1, 0.15) is 0 Å². The number of hydrogen-bond acceptors (Lipinski definition) is 3. The molecule has 3 nitrogen and oxygen atoms in total. The molecular weight excluding hydrogens is 510 g/mol. The molecule has 1 aromatic heterocycles. The minimum atomic E-state index is 0.355. The van der Waals surface area contributed by atoms with Crippen molar-refractivity contribution < 1.29 is 0 Å². The van der Waals surface area contributed by atoms with Gasteiger partial charge in [-0.3, -0.25) is 0 Å². The fourth-order valence-corrected chi connectivity index (χ4v) is 5.92. The number of fused-ring (bicyclic) bond motifs is 3. The second-order valence-corrected chi connectivity index (χ2v) is 10.9. The van der Waals surface area contributed by atoms with Crippen LogP contribution in [0.4, 0.5) is 0 Å². The second kappa shape index (κ2) is 10.2. The summed E-state index contributed by atoms with van der Waals surface area (Å²) in [6.45, 7) is 0. The van der Waals surface area contributed by atoms with Gasteiger partial charge < -0.3 is 0 Å². The van der Waals surface area contributed by atoms with E-state index in [1.807, 2.05) is 0 Å². The van der Waals surface area contributed by atoms with Crippen molar-refractivity contribution in [1.82, 2.24) is 15.0 Å². The molecule has 0 amide bonds. The average molecular weight is 538 g/mol. The highest BCUT2D eigenvalue weighted by Crippen LogP contribution is 2.30. The molecule has 42 heavy (non-hydrogen) atoms. The summed E-state index contributed by atoms with van der Waals surface area (Å²) >= 11 is 0. The molecule has 1 aliphatic rings. The SMILES string of the molecule is C1=c2ccccc2=CC(c2ccc(-c3nc(-c4ccc5ccccc5c4)nc(-c4ccc5ccccc5c4)n3)cc2)C1. The highest BCUT2D eigenvalue weighted by Gasteiger charge is 2.15. The summed E-state index contributed by atoms with van der Waals surface area (Å²) in [6.07, 6.45) is 5.72. The first-order valence-electron chi connectivity index (χ1n) is 14.4. The minimum Gasteiger partial charge on any atom is -0.208 e. The Morgan fingerprint density at radius 3 is 1.50 bits per heavy atom. The van der Waals surface area contributed by atoms with Crippen molar-refractivity contribution in [3.63, 3.8) is 0 Å². The highest BCUT2D eigenvalue weighted by atomic mass is 15.0. The minimum absolute atomic E-state index is 0.355. The first-order chi connectivity index (χ1) is 20.8. The Balaban J connectivity index is 1.23. The second-order valence-electron chi connectivity index (χ2n) is 10.9. The van der Waals surface area contributed by atoms with Crippen LogP contribution >= 0.6 is 0 Å². The van der Waals surface area contributed by atoms with Crippen molar-refractivity contribution in [2.45, 2.75) is 12.3 Å². The van der Waals surface area contributed by atoms with Gasteiger partial charge in [-0.15, -0.1) is 0 Å². The lowest BCUT2D eigenvalue weighted by molar-refractivity contribution is 0.921. The Morgan fingerprint density at radius 1 is 0.429 bits per heavy atom. The molecule has 0 saturated carbocycles. The molecule has 198 valence electrons. The normalized spacial score (nSPS) is 14.2. The largest absolute Gasteiger partial charge is 0.208 e. The molecular formula is C39H27N3. The van der Waals surface area contributed by atoms with E-state index in [2.05, 4.69) is 146 Å². The van der Waals surface area contributed by atoms with Gasteiger partial charge in [0.05, 0.1) is 0 Å². The fraction of sp³-hybridized carbons (Fsp3) is 0.0513. The van der Waals surface area contributed by atoms with Gasteiger partial charge in [-0.05, 0) is 56.1 Å². The molecule has 8 rings (SSSR count). The predicted molar refractivity (Wildman–Crippen MR) is 173 cm³/mol. The quantitative estimate of drug-likeness (QED) is 0.229. The molecule has 0 N–H and O–H groups in total. The molecule has 1 aliphatic carbocycles. The Labute approximate surface area is 244 Å². The van der Waals surface area contributed by atoms with E-state index in [0.717, 1.165) is 33.9 Å². The van der Waals surface area contributed by atoms with E-state index in [-0.39, 0.29) is 0 Å². The summed E-state index contributed by atoms with van der Waals surface area (Å²) in [6, 6.07) is 46.9. The molecule has 6 aromatic carbocycles. The van der Waals surface area contributed by atoms with Crippen molar-refractivity contribution in [2.24, 2.45) is 0 Å². The van der Waals surface area contributed by atoms with Crippen molar-refractivity contribution in [2.75, 3.05) is 0 Å². The third-order valence-corrected chi connectivity index (χ3v) is 8.22. The molecule has 0 saturated heterocycles. The molecule has 0 spiro atoms. The standard InChI is InChI=1S/C39H27N3/c1-4-10-31-23-34(20-15-26(31)7-1)29-13-18-30(19-14-29)37-40-38(35-21-16-27-8-2-5-11-32(27)24-35)42-39(41-37)36-22-17-28-9-3-6-12-33(28)25-36/h1-19,21-25,34H,20H2. The average Bonchev–Trinajstić information content (AvgIpc) is 3.07. The maximum absolute atomic E-state index is 5.00. The number of aromatic nitrogens is 3. The lowest BCUT2D eigenvalue weighted by Gasteiger charge is -2.15. The summed E-state index contributed by atoms with van der Waals surface area (Å²) in [4.78, 5) is 15.0. The van der Waals surface area contributed by atoms with Crippen LogP contribution in [0.15, 0.2) is 133 Å². The van der Waals surface area contributed by atoms with Gasteiger partial charge in [-0.1, -0.05) is 133 Å². The van der Waals surface area contributed by atoms with Crippen LogP contribution in [-0.4, -0.2) is 15.0 Å². The van der Waals surface area contributed by atoms with Crippen molar-refractivity contribution >= 4 is 33.7 Å². The fourth-order valence-electron chi connectivity index (χ4n) is 5.92. The van der Waals surface area contributed by atoms with E-state index < -0.39 is 0 Å². The molecule has 1 atom stereocenters. The molecule has 0 radical (unpaired) electrons. The Kier molecular flexibility index (Phi) is 5.93. The lowest BCUT2D eigenvalue weighted by Crippen LogP contribution is -2.27. The van der Waals surface area contributed by atoms with Crippen LogP contribution in [0.25, 0.3) is 67.9 Å². The van der Waals surface area contributed by atoms with Gasteiger partial charge >= 0.3 is 0 Å². The number of rotatable bonds is 4. The van der Waals surface area contributed by atoms with E-state index in [1.165, 1.54) is 26.8 Å². The van der Waals surface area contributed by atoms with Crippen molar-refractivity contribution in [1.29, 1.82) is 0 Å². The Morgan fingerprint density at radius 2 is 0.905 bits per heavy atom. The van der Waals surface area contributed by atoms with Crippen LogP contribution in [0, 0.1) is 0 Å². The van der Waals surface area contributed by atoms with Crippen LogP contribution < -0.4 is 10.4 Å². The molecule has 7 aromatic rings. The van der Waals surface area contributed by atoms with Crippen LogP contribution in [0.2, 0.25) is 0 Å². The molecule has 1 heterocycles. The van der Waals surface area contributed by atoms with E-state index in [4.69, 9.17) is 15.0 Å². The Hall–Kier alpha value is -5.41. The van der Waals surface area contributed by atoms with E-state index in [0.29, 0.717) is 23.4 Å². The monoisotopic (exact) mass is 537 g/mol. The summed E-state index contributed by atoms with van der Waals surface area (Å²) in [5.41, 5.74) is 4.22. The van der Waals surface area contributed by atoms with Crippen LogP contribution in [-0.2, 0) is 0 Å². The summed E-state index contributed by atoms with van der Waals surface area (Å²) in [7, 11) is 0. The zero-order valence-electron chi connectivity index (χ0n) is 23.0. The van der Waals surface area contributed by atoms with Crippen LogP contribution in [0.5, 0.6) is 0 Å². The first kappa shape index (κ1) is 24.4. The van der Waals surface area contributed by atoms with Gasteiger partial charge in [0, 0.05) is 22.6 Å². The summed E-state index contributed by atoms with van der Waals surface area (Å²) in [5, 5.41) is 7.33. The maximum atomic E-state index is 5.00. The molecule has 3 heteroatoms. The first-order valence-corrected chi connectivity index (χ1v) is 14.4. The molecule has 0 fully saturated rings. The smallest absolute Gasteiger partial charge is 0.164 e. The zero-order valence-corrected chi connectivity index (χ0v) is 23.0. The van der Waals surface area contributed by atoms with Gasteiger partial charge in [0.2, 0.25) is 0 Å². The van der Waals surface area contributed by atoms with Gasteiger partial charge in [0.25, 0.3) is 0 Å². The predicted octanol–water partition coefficient (Wildman–Crippen LogP) is 7.93. The summed E-state index contributed by atoms with van der Waals surface area (Å²) in [5.74, 6) is 2.37. The summed E-state index contributed by atoms with van der Waals surface area (Å²) < 4.78 is 0. The van der Waals surface area contributed by atoms with E-state index >= 15 is 0 Å². The third kappa shape index (κ3) is 4.55. The van der Waals surface area contributed by atoms with Crippen LogP contribution in [0.3, 0.4) is 0 Å². The zero-order chi connectivity index (χ0) is 27.9. The number of benzene rings is 6. The van der Waals surface area contributed by atoms with Crippen molar-refractivity contribution in [3.05, 3.63) is 149 Å². The maximum Gasteiger partial charge on any atom is 0.164 e. The van der Waals surface area contributed by atoms with Crippen molar-refractivity contribution in [3.8, 4) is 34.2 Å². The number of nitrogens with zero attached hydrogens (tertiary/aromatic N) is 3. The van der Waals surface area contributed by atoms with Crippen LogP contribution in [0.1, 0.15) is 17.9 Å². The van der Waals surface area contributed by atoms with E-state index in [9.17, 15) is 0 Å². The van der Waals surface area contributed by atoms with E-state index in [1.54, 1.807) is 0 Å². The van der Waals surface area contributed by atoms with Gasteiger partial charge in [-0.25, -0.2) is 15.0 Å². The van der Waals surface area contributed by atoms with Gasteiger partial charge in [-0.2, -0.15) is 0 Å². The Bertz CT molecular complexity index is 2140. The highest BCUT2D eigenvalue weighted by molar-refractivity contribution is 5.88. The molecule has 0 bridgehead atoms. The molecule has 1 unspecified atom stereocenters. The molecule has 0 aliphatic heterocycles. The lowest BCUT2D eigenvalue weighted by atomic mass is 9.90. The third-order valence-electron chi connectivity index (χ3n) is 8.22.